The minimum Gasteiger partial charge on any atom is -0.0990 e. The van der Waals surface area contributed by atoms with Gasteiger partial charge in [0.15, 0.2) is 0 Å². The lowest BCUT2D eigenvalue weighted by Gasteiger charge is -2.06. The van der Waals surface area contributed by atoms with Crippen LogP contribution in [0.1, 0.15) is 25.0 Å². The molecule has 0 aliphatic rings. The van der Waals surface area contributed by atoms with Crippen LogP contribution in [0, 0.1) is 0 Å². The number of rotatable bonds is 6. The fourth-order valence-electron chi connectivity index (χ4n) is 1.96. The van der Waals surface area contributed by atoms with E-state index in [9.17, 15) is 0 Å². The summed E-state index contributed by atoms with van der Waals surface area (Å²) < 4.78 is 0. The maximum Gasteiger partial charge on any atom is -0.0184 e. The Morgan fingerprint density at radius 3 is 1.35 bits per heavy atom. The van der Waals surface area contributed by atoms with Gasteiger partial charge < -0.3 is 0 Å². The quantitative estimate of drug-likeness (QED) is 0.553. The van der Waals surface area contributed by atoms with Crippen LogP contribution in [0.4, 0.5) is 0 Å². The Bertz CT molecular complexity index is 508. The smallest absolute Gasteiger partial charge is 0.0184 e. The molecular weight excluding hydrogens is 240 g/mol. The summed E-state index contributed by atoms with van der Waals surface area (Å²) in [5.74, 6) is 0. The summed E-state index contributed by atoms with van der Waals surface area (Å²) >= 11 is 0. The molecule has 0 unspecified atom stereocenters. The van der Waals surface area contributed by atoms with Gasteiger partial charge in [0.05, 0.1) is 0 Å². The molecule has 0 aliphatic heterocycles. The van der Waals surface area contributed by atoms with E-state index in [0.717, 1.165) is 11.1 Å². The van der Waals surface area contributed by atoms with E-state index in [0.29, 0.717) is 0 Å². The first-order chi connectivity index (χ1) is 9.76. The molecule has 0 heterocycles. The standard InChI is InChI=1S/C20H22/c1-5-9-17(10-6-2)19-13-15-20(16-14-19)18(11-7-3)12-8-4/h5-16H,1,3H2,2,4H3/b10-6-,12-8-,17-9+,18-11+. The third-order valence-corrected chi connectivity index (χ3v) is 2.84. The molecule has 0 atom stereocenters. The highest BCUT2D eigenvalue weighted by Gasteiger charge is 2.00. The van der Waals surface area contributed by atoms with Gasteiger partial charge in [-0.2, -0.15) is 0 Å². The molecular formula is C20H22. The zero-order valence-electron chi connectivity index (χ0n) is 12.3. The summed E-state index contributed by atoms with van der Waals surface area (Å²) in [6.07, 6.45) is 15.9. The fourth-order valence-corrected chi connectivity index (χ4v) is 1.96. The number of hydrogen-bond donors (Lipinski definition) is 0. The van der Waals surface area contributed by atoms with Crippen molar-refractivity contribution in [3.8, 4) is 0 Å². The van der Waals surface area contributed by atoms with Gasteiger partial charge >= 0.3 is 0 Å². The Labute approximate surface area is 122 Å². The summed E-state index contributed by atoms with van der Waals surface area (Å²) in [4.78, 5) is 0. The molecule has 0 fully saturated rings. The Kier molecular flexibility index (Phi) is 6.84. The van der Waals surface area contributed by atoms with E-state index in [4.69, 9.17) is 0 Å². The van der Waals surface area contributed by atoms with Crippen LogP contribution in [0.15, 0.2) is 86.0 Å². The third-order valence-electron chi connectivity index (χ3n) is 2.84. The summed E-state index contributed by atoms with van der Waals surface area (Å²) in [7, 11) is 0. The van der Waals surface area contributed by atoms with Gasteiger partial charge in [0.1, 0.15) is 0 Å². The van der Waals surface area contributed by atoms with Crippen LogP contribution in [0.3, 0.4) is 0 Å². The Balaban J connectivity index is 3.15. The second-order valence-corrected chi connectivity index (χ2v) is 4.29. The molecule has 0 heteroatoms. The zero-order valence-corrected chi connectivity index (χ0v) is 12.3. The van der Waals surface area contributed by atoms with Gasteiger partial charge in [-0.25, -0.2) is 0 Å². The van der Waals surface area contributed by atoms with Gasteiger partial charge in [-0.1, -0.05) is 86.0 Å². The molecule has 20 heavy (non-hydrogen) atoms. The largest absolute Gasteiger partial charge is 0.0990 e. The summed E-state index contributed by atoms with van der Waals surface area (Å²) in [5, 5.41) is 0. The number of allylic oxidation sites excluding steroid dienone is 10. The SMILES string of the molecule is C=C/C=C(\C=C/C)c1ccc(C(/C=C\C)=C/C=C)cc1. The molecule has 0 aromatic heterocycles. The lowest BCUT2D eigenvalue weighted by Crippen LogP contribution is -1.85. The molecule has 0 saturated heterocycles. The van der Waals surface area contributed by atoms with E-state index in [-0.39, 0.29) is 0 Å². The molecule has 0 radical (unpaired) electrons. The number of hydrogen-bond acceptors (Lipinski definition) is 0. The molecule has 0 bridgehead atoms. The lowest BCUT2D eigenvalue weighted by molar-refractivity contribution is 1.55. The molecule has 1 aromatic carbocycles. The summed E-state index contributed by atoms with van der Waals surface area (Å²) in [6.45, 7) is 11.6. The van der Waals surface area contributed by atoms with E-state index < -0.39 is 0 Å². The van der Waals surface area contributed by atoms with Crippen LogP contribution in [0.2, 0.25) is 0 Å². The van der Waals surface area contributed by atoms with Crippen molar-refractivity contribution >= 4 is 11.1 Å². The highest BCUT2D eigenvalue weighted by molar-refractivity contribution is 5.79. The molecule has 102 valence electrons. The average molecular weight is 262 g/mol. The van der Waals surface area contributed by atoms with Gasteiger partial charge in [0.25, 0.3) is 0 Å². The van der Waals surface area contributed by atoms with Crippen LogP contribution in [0.5, 0.6) is 0 Å². The molecule has 0 aliphatic carbocycles. The van der Waals surface area contributed by atoms with E-state index >= 15 is 0 Å². The molecule has 1 rings (SSSR count). The normalized spacial score (nSPS) is 13.1. The van der Waals surface area contributed by atoms with Crippen LogP contribution in [0.25, 0.3) is 11.1 Å². The average Bonchev–Trinajstić information content (AvgIpc) is 2.47. The fraction of sp³-hybridized carbons (Fsp3) is 0.100. The van der Waals surface area contributed by atoms with Crippen LogP contribution in [-0.2, 0) is 0 Å². The molecule has 0 spiro atoms. The maximum atomic E-state index is 3.76. The van der Waals surface area contributed by atoms with E-state index in [1.807, 2.05) is 50.3 Å². The first-order valence-electron chi connectivity index (χ1n) is 6.78. The molecule has 0 nitrogen and oxygen atoms in total. The van der Waals surface area contributed by atoms with Crippen molar-refractivity contribution in [1.29, 1.82) is 0 Å². The van der Waals surface area contributed by atoms with Crippen molar-refractivity contribution in [1.82, 2.24) is 0 Å². The molecule has 1 aromatic rings. The highest BCUT2D eigenvalue weighted by atomic mass is 14.0. The molecule has 0 saturated carbocycles. The van der Waals surface area contributed by atoms with E-state index in [2.05, 4.69) is 49.6 Å². The van der Waals surface area contributed by atoms with Gasteiger partial charge in [0, 0.05) is 0 Å². The molecule has 0 amide bonds. The van der Waals surface area contributed by atoms with Crippen molar-refractivity contribution in [2.24, 2.45) is 0 Å². The highest BCUT2D eigenvalue weighted by Crippen LogP contribution is 2.21. The number of benzene rings is 1. The summed E-state index contributed by atoms with van der Waals surface area (Å²) in [5.41, 5.74) is 4.69. The van der Waals surface area contributed by atoms with Crippen LogP contribution in [-0.4, -0.2) is 0 Å². The zero-order chi connectivity index (χ0) is 14.8. The van der Waals surface area contributed by atoms with Crippen molar-refractivity contribution in [2.75, 3.05) is 0 Å². The van der Waals surface area contributed by atoms with Crippen molar-refractivity contribution < 1.29 is 0 Å². The summed E-state index contributed by atoms with van der Waals surface area (Å²) in [6, 6.07) is 8.52. The minimum atomic E-state index is 1.16. The van der Waals surface area contributed by atoms with E-state index in [1.54, 1.807) is 0 Å². The van der Waals surface area contributed by atoms with Gasteiger partial charge in [0.2, 0.25) is 0 Å². The molecule has 0 N–H and O–H groups in total. The Hall–Kier alpha value is -2.34. The predicted molar refractivity (Wildman–Crippen MR) is 92.4 cm³/mol. The van der Waals surface area contributed by atoms with Crippen molar-refractivity contribution in [2.45, 2.75) is 13.8 Å². The van der Waals surface area contributed by atoms with E-state index in [1.165, 1.54) is 11.1 Å². The maximum absolute atomic E-state index is 3.76. The topological polar surface area (TPSA) is 0 Å². The van der Waals surface area contributed by atoms with Gasteiger partial charge in [-0.3, -0.25) is 0 Å². The van der Waals surface area contributed by atoms with Crippen LogP contribution < -0.4 is 0 Å². The van der Waals surface area contributed by atoms with Crippen molar-refractivity contribution in [3.63, 3.8) is 0 Å². The monoisotopic (exact) mass is 262 g/mol. The van der Waals surface area contributed by atoms with Gasteiger partial charge in [-0.15, -0.1) is 0 Å². The first-order valence-corrected chi connectivity index (χ1v) is 6.78. The van der Waals surface area contributed by atoms with Crippen LogP contribution >= 0.6 is 0 Å². The second kappa shape index (κ2) is 8.71. The second-order valence-electron chi connectivity index (χ2n) is 4.29. The Morgan fingerprint density at radius 2 is 1.10 bits per heavy atom. The van der Waals surface area contributed by atoms with Gasteiger partial charge in [-0.05, 0) is 36.1 Å². The first kappa shape index (κ1) is 15.7. The lowest BCUT2D eigenvalue weighted by atomic mass is 9.99. The predicted octanol–water partition coefficient (Wildman–Crippen LogP) is 5.98. The van der Waals surface area contributed by atoms with Crippen molar-refractivity contribution in [3.05, 3.63) is 97.2 Å². The third kappa shape index (κ3) is 4.40. The minimum absolute atomic E-state index is 1.16. The Morgan fingerprint density at radius 1 is 0.750 bits per heavy atom.